The van der Waals surface area contributed by atoms with Gasteiger partial charge in [0.15, 0.2) is 0 Å². The number of halogens is 6. The second-order valence-corrected chi connectivity index (χ2v) is 12.7. The van der Waals surface area contributed by atoms with Gasteiger partial charge in [0.1, 0.15) is 11.6 Å². The molecule has 0 saturated heterocycles. The average molecular weight is 649 g/mol. The highest BCUT2D eigenvalue weighted by Crippen LogP contribution is 2.41. The van der Waals surface area contributed by atoms with Crippen LogP contribution >= 0.6 is 11.8 Å². The Morgan fingerprint density at radius 3 is 2.44 bits per heavy atom. The summed E-state index contributed by atoms with van der Waals surface area (Å²) in [4.78, 5) is 1.41. The summed E-state index contributed by atoms with van der Waals surface area (Å²) in [5, 5.41) is 0. The number of hydrogen-bond donors (Lipinski definition) is 0. The molecule has 3 aromatic carbocycles. The van der Waals surface area contributed by atoms with Crippen LogP contribution in [0.25, 0.3) is 11.1 Å². The molecular weight excluding hydrogens is 618 g/mol. The first-order valence-electron chi connectivity index (χ1n) is 13.2. The molecule has 0 spiro atoms. The number of alkyl halides is 5. The van der Waals surface area contributed by atoms with Gasteiger partial charge in [0, 0.05) is 24.9 Å². The van der Waals surface area contributed by atoms with Gasteiger partial charge in [0.25, 0.3) is 10.0 Å². The van der Waals surface area contributed by atoms with Crippen molar-refractivity contribution in [3.05, 3.63) is 72.0 Å². The van der Waals surface area contributed by atoms with Gasteiger partial charge in [-0.05, 0) is 73.2 Å². The first-order chi connectivity index (χ1) is 20.3. The molecule has 0 N–H and O–H groups in total. The van der Waals surface area contributed by atoms with E-state index in [4.69, 9.17) is 4.74 Å². The van der Waals surface area contributed by atoms with E-state index in [1.165, 1.54) is 12.1 Å². The molecule has 6 nitrogen and oxygen atoms in total. The van der Waals surface area contributed by atoms with Crippen molar-refractivity contribution in [2.24, 2.45) is 0 Å². The van der Waals surface area contributed by atoms with Crippen molar-refractivity contribution in [1.29, 1.82) is 0 Å². The Bertz CT molecular complexity index is 1520. The largest absolute Gasteiger partial charge is 0.435 e. The van der Waals surface area contributed by atoms with E-state index in [1.54, 1.807) is 23.9 Å². The fraction of sp³-hybridized carbons (Fsp3) is 0.379. The maximum Gasteiger partial charge on any atom is 0.416 e. The Morgan fingerprint density at radius 1 is 0.977 bits per heavy atom. The topological polar surface area (TPSA) is 59.1 Å². The van der Waals surface area contributed by atoms with Crippen LogP contribution in [0.2, 0.25) is 0 Å². The SMILES string of the molecule is CSCCOC(C)CCN1CCN(S(=O)(=O)c2cccc(C(F)(F)F)c2)c2cc(-c3cc(F)cc(OC(F)F)c3)ccc21. The van der Waals surface area contributed by atoms with Crippen LogP contribution < -0.4 is 13.9 Å². The third kappa shape index (κ3) is 8.09. The molecule has 0 aliphatic carbocycles. The number of ether oxygens (including phenoxy) is 2. The van der Waals surface area contributed by atoms with Gasteiger partial charge in [0.2, 0.25) is 0 Å². The third-order valence-corrected chi connectivity index (χ3v) is 9.22. The van der Waals surface area contributed by atoms with Crippen LogP contribution in [-0.4, -0.2) is 59.4 Å². The summed E-state index contributed by atoms with van der Waals surface area (Å²) in [7, 11) is -4.48. The molecule has 0 fully saturated rings. The van der Waals surface area contributed by atoms with Gasteiger partial charge in [0.05, 0.1) is 41.1 Å². The van der Waals surface area contributed by atoms with Crippen molar-refractivity contribution in [3.8, 4) is 16.9 Å². The van der Waals surface area contributed by atoms with Crippen molar-refractivity contribution in [1.82, 2.24) is 0 Å². The highest BCUT2D eigenvalue weighted by atomic mass is 32.2. The van der Waals surface area contributed by atoms with E-state index >= 15 is 0 Å². The van der Waals surface area contributed by atoms with Crippen LogP contribution in [0.5, 0.6) is 5.75 Å². The van der Waals surface area contributed by atoms with Crippen LogP contribution in [0, 0.1) is 5.82 Å². The first kappa shape index (κ1) is 32.8. The summed E-state index contributed by atoms with van der Waals surface area (Å²) >= 11 is 1.66. The van der Waals surface area contributed by atoms with Crippen LogP contribution in [0.15, 0.2) is 65.6 Å². The zero-order valence-electron chi connectivity index (χ0n) is 23.3. The molecule has 3 aromatic rings. The third-order valence-electron chi connectivity index (χ3n) is 6.83. The highest BCUT2D eigenvalue weighted by Gasteiger charge is 2.35. The Labute approximate surface area is 250 Å². The lowest BCUT2D eigenvalue weighted by Crippen LogP contribution is -2.44. The van der Waals surface area contributed by atoms with Gasteiger partial charge in [-0.15, -0.1) is 0 Å². The molecule has 1 unspecified atom stereocenters. The van der Waals surface area contributed by atoms with Crippen molar-refractivity contribution < 1.29 is 44.2 Å². The van der Waals surface area contributed by atoms with E-state index in [0.717, 1.165) is 40.4 Å². The number of nitrogens with zero attached hydrogens (tertiary/aromatic N) is 2. The standard InChI is InChI=1S/C29H30F6N2O4S2/c1-19(40-12-13-42-2)8-9-36-10-11-37(43(38,39)25-5-3-4-22(17-25)29(33,34)35)27-16-20(6-7-26(27)36)21-14-23(30)18-24(15-21)41-28(31)32/h3-7,14-19,28H,8-13H2,1-2H3. The Morgan fingerprint density at radius 2 is 1.74 bits per heavy atom. The smallest absolute Gasteiger partial charge is 0.416 e. The number of hydrogen-bond acceptors (Lipinski definition) is 6. The molecule has 4 rings (SSSR count). The van der Waals surface area contributed by atoms with E-state index in [9.17, 15) is 34.8 Å². The molecule has 0 bridgehead atoms. The predicted molar refractivity (Wildman–Crippen MR) is 155 cm³/mol. The fourth-order valence-electron chi connectivity index (χ4n) is 4.72. The van der Waals surface area contributed by atoms with Gasteiger partial charge >= 0.3 is 12.8 Å². The van der Waals surface area contributed by atoms with Crippen LogP contribution in [-0.2, 0) is 20.9 Å². The van der Waals surface area contributed by atoms with E-state index < -0.39 is 44.8 Å². The molecule has 0 radical (unpaired) electrons. The molecule has 0 aromatic heterocycles. The molecule has 14 heteroatoms. The Kier molecular flexibility index (Phi) is 10.4. The normalized spacial score (nSPS) is 14.6. The molecular formula is C29H30F6N2O4S2. The maximum atomic E-state index is 14.3. The predicted octanol–water partition coefficient (Wildman–Crippen LogP) is 7.29. The monoisotopic (exact) mass is 648 g/mol. The highest BCUT2D eigenvalue weighted by molar-refractivity contribution is 7.98. The molecule has 1 heterocycles. The van der Waals surface area contributed by atoms with E-state index in [-0.39, 0.29) is 36.0 Å². The number of fused-ring (bicyclic) bond motifs is 1. The minimum Gasteiger partial charge on any atom is -0.435 e. The number of benzene rings is 3. The average Bonchev–Trinajstić information content (AvgIpc) is 2.94. The molecule has 0 amide bonds. The van der Waals surface area contributed by atoms with Gasteiger partial charge in [-0.2, -0.15) is 33.7 Å². The first-order valence-corrected chi connectivity index (χ1v) is 16.1. The Hall–Kier alpha value is -3.10. The summed E-state index contributed by atoms with van der Waals surface area (Å²) in [6.07, 6.45) is -2.24. The Balaban J connectivity index is 1.75. The summed E-state index contributed by atoms with van der Waals surface area (Å²) < 4.78 is 119. The second kappa shape index (κ2) is 13.7. The molecule has 234 valence electrons. The van der Waals surface area contributed by atoms with Gasteiger partial charge < -0.3 is 14.4 Å². The lowest BCUT2D eigenvalue weighted by atomic mass is 10.0. The summed E-state index contributed by atoms with van der Waals surface area (Å²) in [5.41, 5.74) is -0.0389. The van der Waals surface area contributed by atoms with Gasteiger partial charge in [-0.3, -0.25) is 4.31 Å². The lowest BCUT2D eigenvalue weighted by molar-refractivity contribution is -0.137. The van der Waals surface area contributed by atoms with Crippen molar-refractivity contribution in [3.63, 3.8) is 0 Å². The van der Waals surface area contributed by atoms with E-state index in [1.807, 2.05) is 18.1 Å². The molecule has 43 heavy (non-hydrogen) atoms. The maximum absolute atomic E-state index is 14.3. The van der Waals surface area contributed by atoms with Gasteiger partial charge in [-0.1, -0.05) is 12.1 Å². The quantitative estimate of drug-likeness (QED) is 0.152. The minimum absolute atomic E-state index is 0.0812. The molecule has 1 aliphatic heterocycles. The number of sulfonamides is 1. The number of thioether (sulfide) groups is 1. The van der Waals surface area contributed by atoms with Crippen molar-refractivity contribution in [2.75, 3.05) is 47.5 Å². The summed E-state index contributed by atoms with van der Waals surface area (Å²) in [6.45, 7) is -0.0189. The van der Waals surface area contributed by atoms with E-state index in [0.29, 0.717) is 31.3 Å². The number of rotatable bonds is 12. The van der Waals surface area contributed by atoms with Crippen LogP contribution in [0.3, 0.4) is 0 Å². The van der Waals surface area contributed by atoms with Crippen LogP contribution in [0.4, 0.5) is 37.7 Å². The van der Waals surface area contributed by atoms with E-state index in [2.05, 4.69) is 4.74 Å². The van der Waals surface area contributed by atoms with Gasteiger partial charge in [-0.25, -0.2) is 12.8 Å². The second-order valence-electron chi connectivity index (χ2n) is 9.81. The lowest BCUT2D eigenvalue weighted by Gasteiger charge is -2.39. The zero-order chi connectivity index (χ0) is 31.4. The molecule has 0 saturated carbocycles. The fourth-order valence-corrected chi connectivity index (χ4v) is 6.49. The van der Waals surface area contributed by atoms with Crippen molar-refractivity contribution in [2.45, 2.75) is 37.1 Å². The zero-order valence-corrected chi connectivity index (χ0v) is 24.9. The summed E-state index contributed by atoms with van der Waals surface area (Å²) in [5.74, 6) is -0.434. The van der Waals surface area contributed by atoms with Crippen LogP contribution in [0.1, 0.15) is 18.9 Å². The minimum atomic E-state index is -4.75. The molecule has 1 atom stereocenters. The summed E-state index contributed by atoms with van der Waals surface area (Å²) in [6, 6.07) is 11.2. The van der Waals surface area contributed by atoms with Crippen molar-refractivity contribution >= 4 is 33.2 Å². The number of anilines is 2. The molecule has 1 aliphatic rings.